The van der Waals surface area contributed by atoms with Crippen molar-refractivity contribution in [3.63, 3.8) is 0 Å². The van der Waals surface area contributed by atoms with Gasteiger partial charge in [0.25, 0.3) is 5.91 Å². The maximum atomic E-state index is 13.2. The molecule has 1 N–H and O–H groups in total. The SMILES string of the molecule is Cc1sc2ncnc(N3CCCC3)c2c1C(=O)Nc1cccc(C(F)(F)F)c1C. The minimum atomic E-state index is -4.48. The van der Waals surface area contributed by atoms with Gasteiger partial charge < -0.3 is 10.2 Å². The van der Waals surface area contributed by atoms with Crippen molar-refractivity contribution in [3.8, 4) is 0 Å². The fourth-order valence-corrected chi connectivity index (χ4v) is 4.72. The smallest absolute Gasteiger partial charge is 0.356 e. The Morgan fingerprint density at radius 2 is 1.90 bits per heavy atom. The molecule has 29 heavy (non-hydrogen) atoms. The molecule has 2 aromatic heterocycles. The number of alkyl halides is 3. The minimum Gasteiger partial charge on any atom is -0.356 e. The van der Waals surface area contributed by atoms with Gasteiger partial charge in [0.1, 0.15) is 17.0 Å². The van der Waals surface area contributed by atoms with Gasteiger partial charge in [0.2, 0.25) is 0 Å². The normalized spacial score (nSPS) is 14.6. The van der Waals surface area contributed by atoms with Gasteiger partial charge in [0, 0.05) is 23.7 Å². The summed E-state index contributed by atoms with van der Waals surface area (Å²) in [6.07, 6.45) is -0.879. The number of carbonyl (C=O) groups is 1. The maximum Gasteiger partial charge on any atom is 0.416 e. The molecule has 9 heteroatoms. The number of hydrogen-bond donors (Lipinski definition) is 1. The number of carbonyl (C=O) groups excluding carboxylic acids is 1. The first-order valence-corrected chi connectivity index (χ1v) is 10.1. The van der Waals surface area contributed by atoms with Crippen molar-refractivity contribution in [2.24, 2.45) is 0 Å². The molecule has 1 fully saturated rings. The Bertz CT molecular complexity index is 1090. The number of aryl methyl sites for hydroxylation is 1. The van der Waals surface area contributed by atoms with Crippen LogP contribution in [0.25, 0.3) is 10.2 Å². The summed E-state index contributed by atoms with van der Waals surface area (Å²) in [4.78, 5) is 25.4. The molecule has 0 unspecified atom stereocenters. The number of fused-ring (bicyclic) bond motifs is 1. The second-order valence-corrected chi connectivity index (χ2v) is 8.24. The maximum absolute atomic E-state index is 13.2. The predicted octanol–water partition coefficient (Wildman–Crippen LogP) is 5.18. The Morgan fingerprint density at radius 3 is 2.59 bits per heavy atom. The van der Waals surface area contributed by atoms with Crippen molar-refractivity contribution in [1.82, 2.24) is 9.97 Å². The quantitative estimate of drug-likeness (QED) is 0.634. The van der Waals surface area contributed by atoms with Crippen LogP contribution in [0.3, 0.4) is 0 Å². The average molecular weight is 420 g/mol. The second-order valence-electron chi connectivity index (χ2n) is 7.03. The number of nitrogens with zero attached hydrogens (tertiary/aromatic N) is 3. The van der Waals surface area contributed by atoms with Crippen LogP contribution in [0.4, 0.5) is 24.7 Å². The molecule has 0 radical (unpaired) electrons. The highest BCUT2D eigenvalue weighted by molar-refractivity contribution is 7.19. The summed E-state index contributed by atoms with van der Waals surface area (Å²) >= 11 is 1.38. The lowest BCUT2D eigenvalue weighted by atomic mass is 10.1. The van der Waals surface area contributed by atoms with Gasteiger partial charge in [-0.2, -0.15) is 13.2 Å². The lowest BCUT2D eigenvalue weighted by Crippen LogP contribution is -2.21. The molecule has 1 aliphatic rings. The van der Waals surface area contributed by atoms with E-state index in [1.54, 1.807) is 0 Å². The number of amides is 1. The van der Waals surface area contributed by atoms with Crippen LogP contribution in [0, 0.1) is 13.8 Å². The Balaban J connectivity index is 1.76. The summed E-state index contributed by atoms with van der Waals surface area (Å²) < 4.78 is 39.6. The van der Waals surface area contributed by atoms with Crippen LogP contribution in [0.1, 0.15) is 39.2 Å². The van der Waals surface area contributed by atoms with E-state index in [0.29, 0.717) is 21.6 Å². The number of halogens is 3. The van der Waals surface area contributed by atoms with Crippen molar-refractivity contribution in [1.29, 1.82) is 0 Å². The van der Waals surface area contributed by atoms with Gasteiger partial charge in [0.15, 0.2) is 0 Å². The molecule has 0 saturated carbocycles. The number of benzene rings is 1. The van der Waals surface area contributed by atoms with E-state index in [1.807, 2.05) is 6.92 Å². The Morgan fingerprint density at radius 1 is 1.17 bits per heavy atom. The summed E-state index contributed by atoms with van der Waals surface area (Å²) in [6.45, 7) is 4.88. The van der Waals surface area contributed by atoms with Crippen LogP contribution in [0.2, 0.25) is 0 Å². The summed E-state index contributed by atoms with van der Waals surface area (Å²) in [5.74, 6) is 0.259. The molecular weight excluding hydrogens is 401 g/mol. The van der Waals surface area contributed by atoms with Gasteiger partial charge in [0.05, 0.1) is 16.5 Å². The van der Waals surface area contributed by atoms with Crippen molar-refractivity contribution >= 4 is 39.0 Å². The van der Waals surface area contributed by atoms with E-state index in [1.165, 1.54) is 36.7 Å². The van der Waals surface area contributed by atoms with Crippen molar-refractivity contribution in [3.05, 3.63) is 46.1 Å². The molecule has 152 valence electrons. The summed E-state index contributed by atoms with van der Waals surface area (Å²) in [6, 6.07) is 3.78. The van der Waals surface area contributed by atoms with Crippen LogP contribution in [0.5, 0.6) is 0 Å². The Labute approximate surface area is 169 Å². The third kappa shape index (κ3) is 3.55. The molecule has 1 saturated heterocycles. The van der Waals surface area contributed by atoms with Crippen LogP contribution in [-0.4, -0.2) is 29.0 Å². The molecule has 0 aliphatic carbocycles. The van der Waals surface area contributed by atoms with Gasteiger partial charge in [-0.1, -0.05) is 6.07 Å². The van der Waals surface area contributed by atoms with Gasteiger partial charge >= 0.3 is 6.18 Å². The molecule has 5 nitrogen and oxygen atoms in total. The van der Waals surface area contributed by atoms with Crippen LogP contribution in [-0.2, 0) is 6.18 Å². The summed E-state index contributed by atoms with van der Waals surface area (Å²) in [5, 5.41) is 3.34. The summed E-state index contributed by atoms with van der Waals surface area (Å²) in [7, 11) is 0. The standard InChI is InChI=1S/C20H19F3N4OS/c1-11-13(20(21,22)23)6-5-7-14(11)26-18(28)15-12(2)29-19-16(15)17(24-10-25-19)27-8-3-4-9-27/h5-7,10H,3-4,8-9H2,1-2H3,(H,26,28). The number of anilines is 2. The molecule has 1 amide bonds. The highest BCUT2D eigenvalue weighted by atomic mass is 32.1. The molecule has 1 aromatic carbocycles. The van der Waals surface area contributed by atoms with Gasteiger partial charge in [-0.3, -0.25) is 4.79 Å². The van der Waals surface area contributed by atoms with Crippen molar-refractivity contribution in [2.45, 2.75) is 32.9 Å². The fourth-order valence-electron chi connectivity index (χ4n) is 3.73. The number of aromatic nitrogens is 2. The van der Waals surface area contributed by atoms with Crippen LogP contribution >= 0.6 is 11.3 Å². The van der Waals surface area contributed by atoms with Gasteiger partial charge in [-0.15, -0.1) is 11.3 Å². The number of nitrogens with one attached hydrogen (secondary N) is 1. The number of hydrogen-bond acceptors (Lipinski definition) is 5. The highest BCUT2D eigenvalue weighted by Crippen LogP contribution is 2.38. The fraction of sp³-hybridized carbons (Fsp3) is 0.350. The van der Waals surface area contributed by atoms with Crippen LogP contribution in [0.15, 0.2) is 24.5 Å². The van der Waals surface area contributed by atoms with E-state index in [4.69, 9.17) is 0 Å². The monoisotopic (exact) mass is 420 g/mol. The third-order valence-electron chi connectivity index (χ3n) is 5.16. The minimum absolute atomic E-state index is 0.0124. The molecule has 3 heterocycles. The average Bonchev–Trinajstić information content (AvgIpc) is 3.29. The number of rotatable bonds is 3. The van der Waals surface area contributed by atoms with E-state index < -0.39 is 17.6 Å². The third-order valence-corrected chi connectivity index (χ3v) is 6.18. The zero-order valence-corrected chi connectivity index (χ0v) is 16.7. The first-order chi connectivity index (χ1) is 13.8. The second kappa shape index (κ2) is 7.29. The van der Waals surface area contributed by atoms with Gasteiger partial charge in [-0.05, 0) is 44.4 Å². The highest BCUT2D eigenvalue weighted by Gasteiger charge is 2.33. The zero-order valence-electron chi connectivity index (χ0n) is 15.9. The molecule has 1 aliphatic heterocycles. The van der Waals surface area contributed by atoms with Crippen LogP contribution < -0.4 is 10.2 Å². The predicted molar refractivity (Wildman–Crippen MR) is 108 cm³/mol. The van der Waals surface area contributed by atoms with Gasteiger partial charge in [-0.25, -0.2) is 9.97 Å². The molecule has 0 atom stereocenters. The van der Waals surface area contributed by atoms with Crippen molar-refractivity contribution in [2.75, 3.05) is 23.3 Å². The largest absolute Gasteiger partial charge is 0.416 e. The molecule has 0 bridgehead atoms. The molecular formula is C20H19F3N4OS. The Hall–Kier alpha value is -2.68. The topological polar surface area (TPSA) is 58.1 Å². The lowest BCUT2D eigenvalue weighted by molar-refractivity contribution is -0.138. The molecule has 0 spiro atoms. The van der Waals surface area contributed by atoms with E-state index >= 15 is 0 Å². The van der Waals surface area contributed by atoms with E-state index in [2.05, 4.69) is 20.2 Å². The lowest BCUT2D eigenvalue weighted by Gasteiger charge is -2.18. The molecule has 3 aromatic rings. The van der Waals surface area contributed by atoms with Crippen molar-refractivity contribution < 1.29 is 18.0 Å². The first kappa shape index (κ1) is 19.6. The molecule has 4 rings (SSSR count). The summed E-state index contributed by atoms with van der Waals surface area (Å²) in [5.41, 5.74) is -0.211. The van der Waals surface area contributed by atoms with E-state index in [0.717, 1.165) is 36.9 Å². The zero-order chi connectivity index (χ0) is 20.8. The van der Waals surface area contributed by atoms with E-state index in [-0.39, 0.29) is 11.3 Å². The first-order valence-electron chi connectivity index (χ1n) is 9.24. The Kier molecular flexibility index (Phi) is 4.94. The van der Waals surface area contributed by atoms with E-state index in [9.17, 15) is 18.0 Å². The number of thiophene rings is 1.